The quantitative estimate of drug-likeness (QED) is 0.622. The van der Waals surface area contributed by atoms with E-state index in [4.69, 9.17) is 4.74 Å². The fourth-order valence-electron chi connectivity index (χ4n) is 3.64. The minimum absolute atomic E-state index is 0.0127. The third-order valence-corrected chi connectivity index (χ3v) is 5.00. The molecule has 5 nitrogen and oxygen atoms in total. The van der Waals surface area contributed by atoms with Crippen molar-refractivity contribution in [3.05, 3.63) is 29.8 Å². The van der Waals surface area contributed by atoms with E-state index in [-0.39, 0.29) is 17.7 Å². The smallest absolute Gasteiger partial charge is 0.405 e. The molecular weight excluding hydrogens is 359 g/mol. The lowest BCUT2D eigenvalue weighted by molar-refractivity contribution is -0.274. The topological polar surface area (TPSA) is 46.1 Å². The van der Waals surface area contributed by atoms with Crippen LogP contribution in [0.4, 0.5) is 13.2 Å². The average Bonchev–Trinajstić information content (AvgIpc) is 3.39. The lowest BCUT2D eigenvalue weighted by Crippen LogP contribution is -2.47. The summed E-state index contributed by atoms with van der Waals surface area (Å²) in [5.74, 6) is 0.666. The van der Waals surface area contributed by atoms with E-state index in [2.05, 4.69) is 19.9 Å². The van der Waals surface area contributed by atoms with Crippen LogP contribution in [0.3, 0.4) is 0 Å². The maximum Gasteiger partial charge on any atom is 0.573 e. The van der Waals surface area contributed by atoms with Gasteiger partial charge in [-0.3, -0.25) is 4.99 Å². The SMILES string of the molecule is CCOC1CCN(C(=NC)NC2CC2c2ccccc2OC(F)(F)F)CC1. The normalized spacial score (nSPS) is 24.0. The summed E-state index contributed by atoms with van der Waals surface area (Å²) in [7, 11) is 1.73. The Bertz CT molecular complexity index is 658. The number of hydrogen-bond donors (Lipinski definition) is 1. The Balaban J connectivity index is 1.58. The summed E-state index contributed by atoms with van der Waals surface area (Å²) < 4.78 is 47.7. The molecule has 1 aromatic rings. The number of guanidine groups is 1. The number of halogens is 3. The first-order valence-electron chi connectivity index (χ1n) is 9.35. The minimum atomic E-state index is -4.69. The number of likely N-dealkylation sites (tertiary alicyclic amines) is 1. The highest BCUT2D eigenvalue weighted by atomic mass is 19.4. The third-order valence-electron chi connectivity index (χ3n) is 5.00. The molecule has 1 heterocycles. The van der Waals surface area contributed by atoms with Crippen LogP contribution in [-0.4, -0.2) is 56.1 Å². The van der Waals surface area contributed by atoms with Crippen LogP contribution in [0.5, 0.6) is 5.75 Å². The summed E-state index contributed by atoms with van der Waals surface area (Å²) in [4.78, 5) is 6.54. The van der Waals surface area contributed by atoms with Gasteiger partial charge < -0.3 is 19.7 Å². The van der Waals surface area contributed by atoms with Crippen molar-refractivity contribution in [1.82, 2.24) is 10.2 Å². The van der Waals surface area contributed by atoms with Crippen molar-refractivity contribution >= 4 is 5.96 Å². The first-order chi connectivity index (χ1) is 12.9. The van der Waals surface area contributed by atoms with Crippen molar-refractivity contribution in [3.8, 4) is 5.75 Å². The zero-order valence-corrected chi connectivity index (χ0v) is 15.6. The summed E-state index contributed by atoms with van der Waals surface area (Å²) in [5, 5.41) is 3.39. The van der Waals surface area contributed by atoms with Gasteiger partial charge in [0.2, 0.25) is 0 Å². The number of alkyl halides is 3. The molecule has 27 heavy (non-hydrogen) atoms. The van der Waals surface area contributed by atoms with Gasteiger partial charge in [0.1, 0.15) is 5.75 Å². The Hall–Kier alpha value is -1.96. The molecule has 0 aromatic heterocycles. The number of para-hydroxylation sites is 1. The van der Waals surface area contributed by atoms with E-state index in [9.17, 15) is 13.2 Å². The molecule has 8 heteroatoms. The number of nitrogens with zero attached hydrogens (tertiary/aromatic N) is 2. The van der Waals surface area contributed by atoms with Gasteiger partial charge in [0.05, 0.1) is 6.10 Å². The van der Waals surface area contributed by atoms with Gasteiger partial charge in [-0.15, -0.1) is 13.2 Å². The highest BCUT2D eigenvalue weighted by Gasteiger charge is 2.43. The molecular formula is C19H26F3N3O2. The van der Waals surface area contributed by atoms with Crippen LogP contribution in [0, 0.1) is 0 Å². The van der Waals surface area contributed by atoms with E-state index >= 15 is 0 Å². The van der Waals surface area contributed by atoms with Crippen molar-refractivity contribution in [1.29, 1.82) is 0 Å². The summed E-state index contributed by atoms with van der Waals surface area (Å²) in [5.41, 5.74) is 0.581. The molecule has 1 N–H and O–H groups in total. The van der Waals surface area contributed by atoms with Gasteiger partial charge in [0.25, 0.3) is 0 Å². The average molecular weight is 385 g/mol. The number of ether oxygens (including phenoxy) is 2. The number of hydrogen-bond acceptors (Lipinski definition) is 3. The first-order valence-corrected chi connectivity index (χ1v) is 9.35. The molecule has 1 saturated heterocycles. The van der Waals surface area contributed by atoms with Gasteiger partial charge in [-0.1, -0.05) is 18.2 Å². The highest BCUT2D eigenvalue weighted by molar-refractivity contribution is 5.81. The van der Waals surface area contributed by atoms with Gasteiger partial charge in [0, 0.05) is 38.7 Å². The van der Waals surface area contributed by atoms with Crippen LogP contribution < -0.4 is 10.1 Å². The molecule has 1 saturated carbocycles. The second-order valence-electron chi connectivity index (χ2n) is 6.87. The molecule has 2 fully saturated rings. The Morgan fingerprint density at radius 2 is 1.96 bits per heavy atom. The Kier molecular flexibility index (Phi) is 6.14. The van der Waals surface area contributed by atoms with Gasteiger partial charge in [0.15, 0.2) is 5.96 Å². The third kappa shape index (κ3) is 5.28. The monoisotopic (exact) mass is 385 g/mol. The number of benzene rings is 1. The zero-order valence-electron chi connectivity index (χ0n) is 15.6. The van der Waals surface area contributed by atoms with E-state index in [1.54, 1.807) is 25.2 Å². The molecule has 0 radical (unpaired) electrons. The summed E-state index contributed by atoms with van der Waals surface area (Å²) >= 11 is 0. The van der Waals surface area contributed by atoms with Crippen molar-refractivity contribution in [2.75, 3.05) is 26.7 Å². The van der Waals surface area contributed by atoms with Crippen molar-refractivity contribution in [3.63, 3.8) is 0 Å². The number of nitrogens with one attached hydrogen (secondary N) is 1. The molecule has 0 spiro atoms. The molecule has 2 aliphatic rings. The predicted molar refractivity (Wildman–Crippen MR) is 97.0 cm³/mol. The number of rotatable bonds is 5. The lowest BCUT2D eigenvalue weighted by atomic mass is 10.1. The second-order valence-corrected chi connectivity index (χ2v) is 6.87. The van der Waals surface area contributed by atoms with Crippen molar-refractivity contribution < 1.29 is 22.6 Å². The van der Waals surface area contributed by atoms with Crippen LogP contribution >= 0.6 is 0 Å². The number of aliphatic imine (C=N–C) groups is 1. The summed E-state index contributed by atoms with van der Waals surface area (Å²) in [6.07, 6.45) is -1.73. The molecule has 3 rings (SSSR count). The Labute approximate surface area is 157 Å². The van der Waals surface area contributed by atoms with E-state index in [1.807, 2.05) is 6.92 Å². The van der Waals surface area contributed by atoms with Crippen LogP contribution in [-0.2, 0) is 4.74 Å². The van der Waals surface area contributed by atoms with Crippen LogP contribution in [0.1, 0.15) is 37.7 Å². The molecule has 2 unspecified atom stereocenters. The summed E-state index contributed by atoms with van der Waals surface area (Å²) in [6.45, 7) is 4.44. The van der Waals surface area contributed by atoms with Gasteiger partial charge in [-0.05, 0) is 37.8 Å². The lowest BCUT2D eigenvalue weighted by Gasteiger charge is -2.34. The van der Waals surface area contributed by atoms with Crippen molar-refractivity contribution in [2.24, 2.45) is 4.99 Å². The standard InChI is InChI=1S/C19H26F3N3O2/c1-3-26-13-8-10-25(11-9-13)18(23-2)24-16-12-15(16)14-6-4-5-7-17(14)27-19(20,21)22/h4-7,13,15-16H,3,8-12H2,1-2H3,(H,23,24). The first kappa shape index (κ1) is 19.8. The largest absolute Gasteiger partial charge is 0.573 e. The van der Waals surface area contributed by atoms with Crippen LogP contribution in [0.15, 0.2) is 29.3 Å². The summed E-state index contributed by atoms with van der Waals surface area (Å²) in [6, 6.07) is 6.42. The van der Waals surface area contributed by atoms with Crippen LogP contribution in [0.25, 0.3) is 0 Å². The van der Waals surface area contributed by atoms with Gasteiger partial charge >= 0.3 is 6.36 Å². The molecule has 1 aliphatic heterocycles. The fourth-order valence-corrected chi connectivity index (χ4v) is 3.64. The molecule has 150 valence electrons. The molecule has 1 aliphatic carbocycles. The maximum absolute atomic E-state index is 12.6. The molecule has 2 atom stereocenters. The number of piperidine rings is 1. The van der Waals surface area contributed by atoms with Crippen LogP contribution in [0.2, 0.25) is 0 Å². The zero-order chi connectivity index (χ0) is 19.4. The van der Waals surface area contributed by atoms with Gasteiger partial charge in [-0.25, -0.2) is 0 Å². The second kappa shape index (κ2) is 8.37. The maximum atomic E-state index is 12.6. The van der Waals surface area contributed by atoms with E-state index in [1.165, 1.54) is 6.07 Å². The van der Waals surface area contributed by atoms with E-state index in [0.29, 0.717) is 11.7 Å². The molecule has 0 amide bonds. The van der Waals surface area contributed by atoms with E-state index < -0.39 is 6.36 Å². The van der Waals surface area contributed by atoms with E-state index in [0.717, 1.165) is 44.9 Å². The Morgan fingerprint density at radius 3 is 2.59 bits per heavy atom. The van der Waals surface area contributed by atoms with Gasteiger partial charge in [-0.2, -0.15) is 0 Å². The van der Waals surface area contributed by atoms with Crippen molar-refractivity contribution in [2.45, 2.75) is 50.6 Å². The fraction of sp³-hybridized carbons (Fsp3) is 0.632. The Morgan fingerprint density at radius 1 is 1.26 bits per heavy atom. The molecule has 1 aromatic carbocycles. The minimum Gasteiger partial charge on any atom is -0.405 e. The predicted octanol–water partition coefficient (Wildman–Crippen LogP) is 3.52. The highest BCUT2D eigenvalue weighted by Crippen LogP contribution is 2.45. The molecule has 0 bridgehead atoms.